The Morgan fingerprint density at radius 3 is 2.48 bits per heavy atom. The van der Waals surface area contributed by atoms with Gasteiger partial charge in [0, 0.05) is 26.2 Å². The van der Waals surface area contributed by atoms with Gasteiger partial charge >= 0.3 is 0 Å². The summed E-state index contributed by atoms with van der Waals surface area (Å²) in [5, 5.41) is 2.89. The lowest BCUT2D eigenvalue weighted by molar-refractivity contribution is -0.140. The molecule has 2 atom stereocenters. The van der Waals surface area contributed by atoms with Crippen LogP contribution < -0.4 is 5.32 Å². The van der Waals surface area contributed by atoms with Crippen molar-refractivity contribution in [3.63, 3.8) is 0 Å². The zero-order valence-electron chi connectivity index (χ0n) is 15.0. The van der Waals surface area contributed by atoms with Gasteiger partial charge in [-0.3, -0.25) is 14.5 Å². The van der Waals surface area contributed by atoms with E-state index in [0.717, 1.165) is 19.5 Å². The smallest absolute Gasteiger partial charge is 0.245 e. The van der Waals surface area contributed by atoms with Crippen molar-refractivity contribution in [1.82, 2.24) is 15.1 Å². The molecule has 0 saturated carbocycles. The van der Waals surface area contributed by atoms with Crippen molar-refractivity contribution in [3.8, 4) is 0 Å². The number of nitrogens with zero attached hydrogens (tertiary/aromatic N) is 2. The van der Waals surface area contributed by atoms with Crippen molar-refractivity contribution in [2.24, 2.45) is 0 Å². The van der Waals surface area contributed by atoms with Crippen LogP contribution in [0, 0.1) is 0 Å². The molecular weight excluding hydrogens is 318 g/mol. The Morgan fingerprint density at radius 2 is 1.76 bits per heavy atom. The molecule has 1 aromatic rings. The van der Waals surface area contributed by atoms with Crippen LogP contribution in [0.15, 0.2) is 24.3 Å². The summed E-state index contributed by atoms with van der Waals surface area (Å²) in [6, 6.07) is 7.61. The van der Waals surface area contributed by atoms with Crippen LogP contribution in [-0.2, 0) is 27.3 Å². The molecule has 6 nitrogen and oxygen atoms in total. The lowest BCUT2D eigenvalue weighted by atomic mass is 9.98. The molecule has 136 valence electrons. The van der Waals surface area contributed by atoms with E-state index in [1.54, 1.807) is 11.8 Å². The maximum absolute atomic E-state index is 12.6. The Bertz CT molecular complexity index is 628. The molecule has 0 bridgehead atoms. The van der Waals surface area contributed by atoms with E-state index in [1.807, 2.05) is 13.0 Å². The highest BCUT2D eigenvalue weighted by atomic mass is 16.5. The number of morpholine rings is 1. The van der Waals surface area contributed by atoms with E-state index in [2.05, 4.69) is 28.4 Å². The fourth-order valence-corrected chi connectivity index (χ4v) is 3.47. The maximum atomic E-state index is 12.6. The molecule has 1 saturated heterocycles. The molecule has 0 unspecified atom stereocenters. The second-order valence-corrected chi connectivity index (χ2v) is 6.83. The molecule has 0 aliphatic carbocycles. The third-order valence-corrected chi connectivity index (χ3v) is 5.14. The van der Waals surface area contributed by atoms with E-state index >= 15 is 0 Å². The van der Waals surface area contributed by atoms with Crippen LogP contribution in [-0.4, -0.2) is 66.5 Å². The molecule has 6 heteroatoms. The Balaban J connectivity index is 1.54. The molecule has 0 spiro atoms. The van der Waals surface area contributed by atoms with Gasteiger partial charge in [0.2, 0.25) is 11.8 Å². The Hall–Kier alpha value is -1.92. The van der Waals surface area contributed by atoms with Crippen molar-refractivity contribution in [3.05, 3.63) is 35.4 Å². The summed E-state index contributed by atoms with van der Waals surface area (Å²) < 4.78 is 5.27. The Kier molecular flexibility index (Phi) is 5.71. The fourth-order valence-electron chi connectivity index (χ4n) is 3.47. The van der Waals surface area contributed by atoms with E-state index in [1.165, 1.54) is 11.1 Å². The highest BCUT2D eigenvalue weighted by molar-refractivity contribution is 5.89. The van der Waals surface area contributed by atoms with Crippen LogP contribution in [0.1, 0.15) is 25.0 Å². The molecular formula is C19H27N3O3. The van der Waals surface area contributed by atoms with Gasteiger partial charge in [-0.05, 0) is 31.4 Å². The van der Waals surface area contributed by atoms with E-state index in [9.17, 15) is 9.59 Å². The van der Waals surface area contributed by atoms with Gasteiger partial charge in [0.25, 0.3) is 0 Å². The van der Waals surface area contributed by atoms with Gasteiger partial charge in [-0.1, -0.05) is 24.3 Å². The van der Waals surface area contributed by atoms with Gasteiger partial charge in [-0.2, -0.15) is 0 Å². The van der Waals surface area contributed by atoms with Crippen molar-refractivity contribution in [2.45, 2.75) is 38.9 Å². The molecule has 25 heavy (non-hydrogen) atoms. The average molecular weight is 345 g/mol. The SMILES string of the molecule is C[C@H](C(=O)N[C@H](C)C(=O)N1CCOCC1)N1CCc2ccccc2C1. The summed E-state index contributed by atoms with van der Waals surface area (Å²) in [7, 11) is 0. The largest absolute Gasteiger partial charge is 0.378 e. The molecule has 0 aromatic heterocycles. The minimum absolute atomic E-state index is 0.0344. The van der Waals surface area contributed by atoms with Crippen molar-refractivity contribution in [1.29, 1.82) is 0 Å². The average Bonchev–Trinajstić information content (AvgIpc) is 2.67. The first-order valence-electron chi connectivity index (χ1n) is 9.04. The fraction of sp³-hybridized carbons (Fsp3) is 0.579. The number of benzene rings is 1. The van der Waals surface area contributed by atoms with Crippen LogP contribution in [0.2, 0.25) is 0 Å². The first-order valence-corrected chi connectivity index (χ1v) is 9.04. The van der Waals surface area contributed by atoms with E-state index in [4.69, 9.17) is 4.74 Å². The van der Waals surface area contributed by atoms with Gasteiger partial charge in [0.05, 0.1) is 19.3 Å². The molecule has 2 aliphatic heterocycles. The van der Waals surface area contributed by atoms with Crippen molar-refractivity contribution in [2.75, 3.05) is 32.8 Å². The maximum Gasteiger partial charge on any atom is 0.245 e. The predicted molar refractivity (Wildman–Crippen MR) is 95.0 cm³/mol. The number of ether oxygens (including phenoxy) is 1. The van der Waals surface area contributed by atoms with Crippen molar-refractivity contribution < 1.29 is 14.3 Å². The van der Waals surface area contributed by atoms with Gasteiger partial charge in [0.15, 0.2) is 0 Å². The highest BCUT2D eigenvalue weighted by Crippen LogP contribution is 2.20. The standard InChI is InChI=1S/C19H27N3O3/c1-14(19(24)21-9-11-25-12-10-21)20-18(23)15(2)22-8-7-16-5-3-4-6-17(16)13-22/h3-6,14-15H,7-13H2,1-2H3,(H,20,23)/t14-,15-/m1/s1. The Labute approximate surface area is 149 Å². The third kappa shape index (κ3) is 4.19. The molecule has 2 heterocycles. The summed E-state index contributed by atoms with van der Waals surface area (Å²) in [5.74, 6) is -0.124. The lowest BCUT2D eigenvalue weighted by Crippen LogP contribution is -2.54. The molecule has 1 fully saturated rings. The molecule has 0 radical (unpaired) electrons. The number of amides is 2. The molecule has 2 amide bonds. The van der Waals surface area contributed by atoms with E-state index < -0.39 is 6.04 Å². The van der Waals surface area contributed by atoms with Gasteiger partial charge < -0.3 is 15.0 Å². The van der Waals surface area contributed by atoms with Crippen molar-refractivity contribution >= 4 is 11.8 Å². The first kappa shape index (κ1) is 17.9. The summed E-state index contributed by atoms with van der Waals surface area (Å²) in [4.78, 5) is 29.0. The summed E-state index contributed by atoms with van der Waals surface area (Å²) in [6.07, 6.45) is 0.954. The van der Waals surface area contributed by atoms with E-state index in [-0.39, 0.29) is 17.9 Å². The van der Waals surface area contributed by atoms with Gasteiger partial charge in [-0.25, -0.2) is 0 Å². The van der Waals surface area contributed by atoms with Gasteiger partial charge in [-0.15, -0.1) is 0 Å². The number of carbonyl (C=O) groups excluding carboxylic acids is 2. The summed E-state index contributed by atoms with van der Waals surface area (Å²) >= 11 is 0. The zero-order valence-corrected chi connectivity index (χ0v) is 15.0. The first-order chi connectivity index (χ1) is 12.1. The summed E-state index contributed by atoms with van der Waals surface area (Å²) in [6.45, 7) is 7.62. The normalized spacial score (nSPS) is 20.5. The second-order valence-electron chi connectivity index (χ2n) is 6.83. The minimum Gasteiger partial charge on any atom is -0.378 e. The van der Waals surface area contributed by atoms with Crippen LogP contribution in [0.3, 0.4) is 0 Å². The lowest BCUT2D eigenvalue weighted by Gasteiger charge is -2.34. The quantitative estimate of drug-likeness (QED) is 0.877. The molecule has 3 rings (SSSR count). The third-order valence-electron chi connectivity index (χ3n) is 5.14. The topological polar surface area (TPSA) is 61.9 Å². The summed E-state index contributed by atoms with van der Waals surface area (Å²) in [5.41, 5.74) is 2.65. The monoisotopic (exact) mass is 345 g/mol. The van der Waals surface area contributed by atoms with Gasteiger partial charge in [0.1, 0.15) is 6.04 Å². The molecule has 1 N–H and O–H groups in total. The predicted octanol–water partition coefficient (Wildman–Crippen LogP) is 0.797. The molecule has 1 aromatic carbocycles. The highest BCUT2D eigenvalue weighted by Gasteiger charge is 2.29. The number of carbonyl (C=O) groups is 2. The van der Waals surface area contributed by atoms with Crippen LogP contribution >= 0.6 is 0 Å². The number of fused-ring (bicyclic) bond motifs is 1. The zero-order chi connectivity index (χ0) is 17.8. The minimum atomic E-state index is -0.509. The second kappa shape index (κ2) is 7.97. The number of rotatable bonds is 4. The van der Waals surface area contributed by atoms with Crippen LogP contribution in [0.5, 0.6) is 0 Å². The number of hydrogen-bond donors (Lipinski definition) is 1. The Morgan fingerprint density at radius 1 is 1.08 bits per heavy atom. The molecule has 2 aliphatic rings. The number of nitrogens with one attached hydrogen (secondary N) is 1. The van der Waals surface area contributed by atoms with Crippen LogP contribution in [0.4, 0.5) is 0 Å². The number of hydrogen-bond acceptors (Lipinski definition) is 4. The van der Waals surface area contributed by atoms with Crippen LogP contribution in [0.25, 0.3) is 0 Å². The van der Waals surface area contributed by atoms with E-state index in [0.29, 0.717) is 26.3 Å².